The molecule has 2 heterocycles. The number of fused-ring (bicyclic) bond motifs is 3. The number of carbonyl (C=O) groups is 2. The molecule has 2 atom stereocenters. The summed E-state index contributed by atoms with van der Waals surface area (Å²) in [7, 11) is 0. The van der Waals surface area contributed by atoms with Gasteiger partial charge in [0.05, 0.1) is 27.5 Å². The van der Waals surface area contributed by atoms with Crippen LogP contribution in [0.15, 0.2) is 59.6 Å². The van der Waals surface area contributed by atoms with Crippen LogP contribution in [-0.4, -0.2) is 41.9 Å². The molecule has 0 aromatic heterocycles. The van der Waals surface area contributed by atoms with Crippen molar-refractivity contribution in [3.63, 3.8) is 0 Å². The van der Waals surface area contributed by atoms with Crippen molar-refractivity contribution in [2.24, 2.45) is 4.99 Å². The summed E-state index contributed by atoms with van der Waals surface area (Å²) in [6, 6.07) is 17.4. The topological polar surface area (TPSA) is 68.2 Å². The van der Waals surface area contributed by atoms with Gasteiger partial charge in [-0.15, -0.1) is 0 Å². The van der Waals surface area contributed by atoms with E-state index in [9.17, 15) is 9.59 Å². The molecule has 1 amide bonds. The lowest BCUT2D eigenvalue weighted by Crippen LogP contribution is -2.55. The lowest BCUT2D eigenvalue weighted by molar-refractivity contribution is -0.143. The Labute approximate surface area is 195 Å². The first-order valence-electron chi connectivity index (χ1n) is 10.5. The molecule has 0 aliphatic carbocycles. The van der Waals surface area contributed by atoms with Gasteiger partial charge < -0.3 is 9.47 Å². The van der Waals surface area contributed by atoms with Crippen LogP contribution >= 0.6 is 22.6 Å². The molecule has 0 bridgehead atoms. The molecule has 2 aliphatic heterocycles. The Morgan fingerprint density at radius 1 is 1.13 bits per heavy atom. The molecule has 1 saturated heterocycles. The molecule has 2 aliphatic rings. The Morgan fingerprint density at radius 2 is 1.87 bits per heavy atom. The number of likely N-dealkylation sites (tertiary alicyclic amines) is 1. The van der Waals surface area contributed by atoms with Gasteiger partial charge in [0.15, 0.2) is 0 Å². The number of nitrogens with zero attached hydrogens (tertiary/aromatic N) is 2. The van der Waals surface area contributed by atoms with Gasteiger partial charge in [0.25, 0.3) is 0 Å². The third kappa shape index (κ3) is 4.46. The summed E-state index contributed by atoms with van der Waals surface area (Å²) in [5.74, 6) is -0.263. The van der Waals surface area contributed by atoms with E-state index in [1.54, 1.807) is 11.8 Å². The summed E-state index contributed by atoms with van der Waals surface area (Å²) in [6.45, 7) is 2.88. The number of hydrogen-bond donors (Lipinski definition) is 0. The van der Waals surface area contributed by atoms with Gasteiger partial charge in [-0.2, -0.15) is 0 Å². The molecule has 0 radical (unpaired) electrons. The van der Waals surface area contributed by atoms with Crippen molar-refractivity contribution < 1.29 is 19.1 Å². The van der Waals surface area contributed by atoms with Crippen molar-refractivity contribution in [3.05, 3.63) is 65.7 Å². The summed E-state index contributed by atoms with van der Waals surface area (Å²) in [6.07, 6.45) is 1.05. The summed E-state index contributed by atoms with van der Waals surface area (Å²) in [4.78, 5) is 31.7. The Balaban J connectivity index is 1.56. The molecular formula is C24H25IN2O4. The van der Waals surface area contributed by atoms with E-state index in [2.05, 4.69) is 28.7 Å². The van der Waals surface area contributed by atoms with Crippen molar-refractivity contribution in [3.8, 4) is 0 Å². The van der Waals surface area contributed by atoms with Gasteiger partial charge in [-0.3, -0.25) is 14.7 Å². The second-order valence-corrected chi connectivity index (χ2v) is 9.50. The van der Waals surface area contributed by atoms with E-state index in [4.69, 9.17) is 14.5 Å². The van der Waals surface area contributed by atoms with Crippen LogP contribution in [0, 0.1) is 0 Å². The Kier molecular flexibility index (Phi) is 6.60. The summed E-state index contributed by atoms with van der Waals surface area (Å²) in [5, 5.41) is 0. The minimum Gasteiger partial charge on any atom is -0.466 e. The second-order valence-electron chi connectivity index (χ2n) is 7.66. The van der Waals surface area contributed by atoms with Crippen molar-refractivity contribution in [1.82, 2.24) is 4.90 Å². The second kappa shape index (κ2) is 9.38. The van der Waals surface area contributed by atoms with Crippen molar-refractivity contribution >= 4 is 46.1 Å². The van der Waals surface area contributed by atoms with Gasteiger partial charge >= 0.3 is 12.1 Å². The van der Waals surface area contributed by atoms with E-state index in [0.29, 0.717) is 19.6 Å². The van der Waals surface area contributed by atoms with Crippen LogP contribution in [-0.2, 0) is 24.3 Å². The first kappa shape index (κ1) is 21.8. The van der Waals surface area contributed by atoms with Gasteiger partial charge in [-0.25, -0.2) is 4.79 Å². The van der Waals surface area contributed by atoms with Crippen LogP contribution in [0.2, 0.25) is 0 Å². The van der Waals surface area contributed by atoms with E-state index in [1.165, 1.54) is 5.56 Å². The fraction of sp³-hybridized carbons (Fsp3) is 0.375. The number of hydrogen-bond acceptors (Lipinski definition) is 5. The van der Waals surface area contributed by atoms with Crippen LogP contribution in [0.5, 0.6) is 0 Å². The quantitative estimate of drug-likeness (QED) is 0.293. The number of benzene rings is 2. The summed E-state index contributed by atoms with van der Waals surface area (Å²) < 4.78 is 10.5. The molecule has 31 heavy (non-hydrogen) atoms. The standard InChI is InChI=1S/C24H25IN2O4/c1-2-30-21(28)13-12-20-22-24(25,18-10-6-7-11-19(18)26-22)14-15-27(20)23(29)31-16-17-8-4-3-5-9-17/h3-11,20H,2,12-16H2,1H3. The van der Waals surface area contributed by atoms with Crippen molar-refractivity contribution in [2.45, 2.75) is 42.3 Å². The lowest BCUT2D eigenvalue weighted by atomic mass is 9.83. The molecule has 1 fully saturated rings. The molecule has 0 saturated carbocycles. The van der Waals surface area contributed by atoms with Crippen LogP contribution in [0.4, 0.5) is 10.5 Å². The Hall–Kier alpha value is -2.42. The van der Waals surface area contributed by atoms with Crippen LogP contribution in [0.3, 0.4) is 0 Å². The number of alkyl halides is 1. The number of piperidine rings is 1. The van der Waals surface area contributed by atoms with Gasteiger partial charge in [0, 0.05) is 13.0 Å². The van der Waals surface area contributed by atoms with Crippen LogP contribution in [0.25, 0.3) is 0 Å². The van der Waals surface area contributed by atoms with E-state index in [0.717, 1.165) is 23.4 Å². The molecule has 2 aromatic carbocycles. The minimum absolute atomic E-state index is 0.211. The highest BCUT2D eigenvalue weighted by atomic mass is 127. The highest BCUT2D eigenvalue weighted by Crippen LogP contribution is 2.51. The average Bonchev–Trinajstić information content (AvgIpc) is 3.09. The number of esters is 1. The maximum absolute atomic E-state index is 13.0. The first-order chi connectivity index (χ1) is 15.0. The first-order valence-corrected chi connectivity index (χ1v) is 11.6. The summed E-state index contributed by atoms with van der Waals surface area (Å²) in [5.41, 5.74) is 3.96. The zero-order valence-electron chi connectivity index (χ0n) is 17.4. The average molecular weight is 532 g/mol. The van der Waals surface area contributed by atoms with E-state index in [1.807, 2.05) is 48.5 Å². The molecule has 7 heteroatoms. The third-order valence-electron chi connectivity index (χ3n) is 5.73. The lowest BCUT2D eigenvalue weighted by Gasteiger charge is -2.42. The van der Waals surface area contributed by atoms with Crippen molar-refractivity contribution in [1.29, 1.82) is 0 Å². The van der Waals surface area contributed by atoms with Gasteiger partial charge in [-0.1, -0.05) is 71.1 Å². The highest BCUT2D eigenvalue weighted by molar-refractivity contribution is 14.1. The predicted molar refractivity (Wildman–Crippen MR) is 127 cm³/mol. The number of amides is 1. The number of para-hydroxylation sites is 1. The smallest absolute Gasteiger partial charge is 0.410 e. The molecule has 2 aromatic rings. The van der Waals surface area contributed by atoms with E-state index in [-0.39, 0.29) is 34.6 Å². The van der Waals surface area contributed by atoms with Crippen molar-refractivity contribution in [2.75, 3.05) is 13.2 Å². The molecular weight excluding hydrogens is 507 g/mol. The summed E-state index contributed by atoms with van der Waals surface area (Å²) >= 11 is 2.46. The fourth-order valence-corrected chi connectivity index (χ4v) is 5.42. The SMILES string of the molecule is CCOC(=O)CCC1C2=Nc3ccccc3C2(I)CCN1C(=O)OCc1ccccc1. The fourth-order valence-electron chi connectivity index (χ4n) is 4.24. The van der Waals surface area contributed by atoms with Gasteiger partial charge in [0.2, 0.25) is 0 Å². The molecule has 162 valence electrons. The zero-order chi connectivity index (χ0) is 21.8. The largest absolute Gasteiger partial charge is 0.466 e. The normalized spacial score (nSPS) is 21.7. The number of aliphatic imine (C=N–C) groups is 1. The molecule has 0 spiro atoms. The monoisotopic (exact) mass is 532 g/mol. The molecule has 0 N–H and O–H groups in total. The number of ether oxygens (including phenoxy) is 2. The number of rotatable bonds is 6. The third-order valence-corrected chi connectivity index (χ3v) is 7.41. The molecule has 6 nitrogen and oxygen atoms in total. The van der Waals surface area contributed by atoms with Gasteiger partial charge in [-0.05, 0) is 37.0 Å². The van der Waals surface area contributed by atoms with Crippen LogP contribution in [0.1, 0.15) is 37.3 Å². The molecule has 4 rings (SSSR count). The minimum atomic E-state index is -0.380. The van der Waals surface area contributed by atoms with E-state index < -0.39 is 0 Å². The Bertz CT molecular complexity index is 994. The highest BCUT2D eigenvalue weighted by Gasteiger charge is 2.50. The Morgan fingerprint density at radius 3 is 2.65 bits per heavy atom. The van der Waals surface area contributed by atoms with E-state index >= 15 is 0 Å². The zero-order valence-corrected chi connectivity index (χ0v) is 19.6. The number of carbonyl (C=O) groups excluding carboxylic acids is 2. The maximum atomic E-state index is 13.0. The number of halogens is 1. The molecule has 2 unspecified atom stereocenters. The van der Waals surface area contributed by atoms with Gasteiger partial charge in [0.1, 0.15) is 6.61 Å². The maximum Gasteiger partial charge on any atom is 0.410 e. The van der Waals surface area contributed by atoms with Crippen LogP contribution < -0.4 is 0 Å². The predicted octanol–water partition coefficient (Wildman–Crippen LogP) is 5.16.